The summed E-state index contributed by atoms with van der Waals surface area (Å²) in [5.74, 6) is 2.87. The lowest BCUT2D eigenvalue weighted by molar-refractivity contribution is 0.0538. The van der Waals surface area contributed by atoms with Gasteiger partial charge in [-0.3, -0.25) is 0 Å². The molecule has 0 saturated carbocycles. The Morgan fingerprint density at radius 3 is 1.37 bits per heavy atom. The van der Waals surface area contributed by atoms with Crippen LogP contribution in [0.25, 0.3) is 0 Å². The number of nitrogens with two attached hydrogens (primary N) is 3. The Labute approximate surface area is 317 Å². The van der Waals surface area contributed by atoms with Gasteiger partial charge in [-0.25, -0.2) is 0 Å². The predicted molar refractivity (Wildman–Crippen MR) is 213 cm³/mol. The first-order valence-electron chi connectivity index (χ1n) is 17.0. The van der Waals surface area contributed by atoms with E-state index >= 15 is 0 Å². The maximum absolute atomic E-state index is 7.12. The minimum absolute atomic E-state index is 0.181. The fourth-order valence-electron chi connectivity index (χ4n) is 5.15. The van der Waals surface area contributed by atoms with Gasteiger partial charge < -0.3 is 45.0 Å². The van der Waals surface area contributed by atoms with Crippen molar-refractivity contribution in [2.24, 2.45) is 21.7 Å². The second-order valence-electron chi connectivity index (χ2n) is 11.5. The van der Waals surface area contributed by atoms with Crippen molar-refractivity contribution in [3.63, 3.8) is 0 Å². The van der Waals surface area contributed by atoms with E-state index in [9.17, 15) is 0 Å². The van der Waals surface area contributed by atoms with E-state index in [1.54, 1.807) is 4.60 Å². The third-order valence-electron chi connectivity index (χ3n) is 7.83. The van der Waals surface area contributed by atoms with E-state index in [4.69, 9.17) is 49.5 Å². The zero-order valence-corrected chi connectivity index (χ0v) is 31.8. The third-order valence-corrected chi connectivity index (χ3v) is 14.7. The zero-order valence-electron chi connectivity index (χ0n) is 29.1. The van der Waals surface area contributed by atoms with E-state index in [0.29, 0.717) is 34.5 Å². The van der Waals surface area contributed by atoms with Gasteiger partial charge in [-0.15, -0.1) is 4.52 Å². The monoisotopic (exact) mass is 780 g/mol. The number of benzene rings is 6. The van der Waals surface area contributed by atoms with Crippen LogP contribution in [0.5, 0.6) is 34.5 Å². The fourth-order valence-corrected chi connectivity index (χ4v) is 12.7. The second kappa shape index (κ2) is 17.9. The Morgan fingerprint density at radius 2 is 0.870 bits per heavy atom. The molecule has 0 saturated heterocycles. The van der Waals surface area contributed by atoms with Crippen molar-refractivity contribution in [1.82, 2.24) is 9.21 Å². The van der Waals surface area contributed by atoms with Gasteiger partial charge in [0.25, 0.3) is 0 Å². The molecule has 2 unspecified atom stereocenters. The number of nitrogens with zero attached hydrogens (tertiary/aromatic N) is 3. The van der Waals surface area contributed by atoms with Crippen LogP contribution in [0.15, 0.2) is 168 Å². The van der Waals surface area contributed by atoms with E-state index in [0.717, 1.165) is 16.7 Å². The Bertz CT molecular complexity index is 2120. The summed E-state index contributed by atoms with van der Waals surface area (Å²) in [7, 11) is -8.39. The first kappa shape index (κ1) is 37.3. The third kappa shape index (κ3) is 8.69. The molecular formula is C39H39N6O6P3. The largest absolute Gasteiger partial charge is 0.447 e. The summed E-state index contributed by atoms with van der Waals surface area (Å²) in [6.45, 7) is 0.548. The van der Waals surface area contributed by atoms with Crippen LogP contribution in [0, 0.1) is 0 Å². The molecule has 0 bridgehead atoms. The number of rotatable bonds is 15. The molecule has 6 N–H and O–H groups in total. The summed E-state index contributed by atoms with van der Waals surface area (Å²) in [5.41, 5.74) is 21.0. The Hall–Kier alpha value is -4.99. The van der Waals surface area contributed by atoms with Crippen LogP contribution in [-0.2, 0) is 19.6 Å². The summed E-state index contributed by atoms with van der Waals surface area (Å²) in [4.78, 5) is 13.7. The summed E-state index contributed by atoms with van der Waals surface area (Å²) in [6, 6.07) is 50.4. The molecule has 12 nitrogen and oxygen atoms in total. The first-order valence-corrected chi connectivity index (χ1v) is 20.9. The van der Waals surface area contributed by atoms with Crippen molar-refractivity contribution in [3.05, 3.63) is 180 Å². The smallest absolute Gasteiger partial charge is 0.440 e. The molecule has 2 atom stereocenters. The van der Waals surface area contributed by atoms with E-state index in [-0.39, 0.29) is 19.6 Å². The van der Waals surface area contributed by atoms with Gasteiger partial charge >= 0.3 is 24.6 Å². The van der Waals surface area contributed by atoms with Crippen molar-refractivity contribution in [2.45, 2.75) is 19.6 Å². The molecule has 15 heteroatoms. The molecule has 0 aromatic heterocycles. The number of hydrogen-bond acceptors (Lipinski definition) is 12. The molecule has 0 amide bonds. The highest BCUT2D eigenvalue weighted by molar-refractivity contribution is 7.78. The standard InChI is InChI=1S/C39H39N6O6P3/c40-28-31-16-10-13-25-37(31)47-45-53(49-36-23-8-3-9-24-36)44(46-34-19-4-1-5-20-34)52(48-35-21-6-2-7-22-35)43-54(45,50-38-26-14-11-17-32(38)29-41)51-39-27-15-12-18-33(39)30-42/h1-27H,28-30,40-42H2. The number of para-hydroxylation sites is 6. The molecule has 1 heterocycles. The Morgan fingerprint density at radius 1 is 0.463 bits per heavy atom. The molecule has 0 aliphatic carbocycles. The molecule has 6 aromatic carbocycles. The van der Waals surface area contributed by atoms with Crippen LogP contribution in [-0.4, -0.2) is 9.21 Å². The minimum Gasteiger partial charge on any atom is -0.440 e. The van der Waals surface area contributed by atoms with Gasteiger partial charge in [0, 0.05) is 45.5 Å². The molecule has 6 aromatic rings. The molecule has 54 heavy (non-hydrogen) atoms. The highest BCUT2D eigenvalue weighted by Crippen LogP contribution is 2.78. The minimum atomic E-state index is -3.98. The molecule has 0 fully saturated rings. The van der Waals surface area contributed by atoms with Gasteiger partial charge in [0.15, 0.2) is 5.75 Å². The Balaban J connectivity index is 1.53. The van der Waals surface area contributed by atoms with Gasteiger partial charge in [0.05, 0.1) is 0 Å². The van der Waals surface area contributed by atoms with E-state index in [2.05, 4.69) is 0 Å². The predicted octanol–water partition coefficient (Wildman–Crippen LogP) is 9.68. The molecule has 1 aliphatic rings. The lowest BCUT2D eigenvalue weighted by atomic mass is 10.2. The average molecular weight is 781 g/mol. The van der Waals surface area contributed by atoms with Gasteiger partial charge in [0.2, 0.25) is 0 Å². The van der Waals surface area contributed by atoms with Gasteiger partial charge in [-0.1, -0.05) is 109 Å². The normalized spacial score (nSPS) is 16.8. The number of hydrogen-bond donors (Lipinski definition) is 3. The van der Waals surface area contributed by atoms with Gasteiger partial charge in [-0.2, -0.15) is 0 Å². The molecular weight excluding hydrogens is 741 g/mol. The summed E-state index contributed by atoms with van der Waals surface area (Å²) < 4.78 is 36.4. The van der Waals surface area contributed by atoms with Crippen LogP contribution in [0.2, 0.25) is 0 Å². The van der Waals surface area contributed by atoms with E-state index < -0.39 is 24.6 Å². The van der Waals surface area contributed by atoms with Crippen LogP contribution in [0.3, 0.4) is 0 Å². The molecule has 276 valence electrons. The van der Waals surface area contributed by atoms with Crippen molar-refractivity contribution >= 4 is 24.6 Å². The van der Waals surface area contributed by atoms with Crippen molar-refractivity contribution in [2.75, 3.05) is 0 Å². The Kier molecular flexibility index (Phi) is 12.4. The topological polar surface area (TPSA) is 152 Å². The molecule has 7 rings (SSSR count). The van der Waals surface area contributed by atoms with Crippen molar-refractivity contribution in [1.29, 1.82) is 0 Å². The maximum atomic E-state index is 7.12. The van der Waals surface area contributed by atoms with E-state index in [1.165, 1.54) is 4.60 Å². The highest BCUT2D eigenvalue weighted by Gasteiger charge is 2.58. The fraction of sp³-hybridized carbons (Fsp3) is 0.0769. The highest BCUT2D eigenvalue weighted by atomic mass is 31.3. The van der Waals surface area contributed by atoms with Crippen LogP contribution >= 0.6 is 24.6 Å². The molecule has 0 spiro atoms. The van der Waals surface area contributed by atoms with E-state index in [1.807, 2.05) is 164 Å². The van der Waals surface area contributed by atoms with Gasteiger partial charge in [-0.05, 0) is 54.6 Å². The zero-order chi connectivity index (χ0) is 37.2. The molecule has 0 radical (unpaired) electrons. The summed E-state index contributed by atoms with van der Waals surface area (Å²) in [5, 5.41) is 0. The van der Waals surface area contributed by atoms with Crippen LogP contribution in [0.1, 0.15) is 16.7 Å². The van der Waals surface area contributed by atoms with Crippen LogP contribution in [0.4, 0.5) is 0 Å². The lowest BCUT2D eigenvalue weighted by Gasteiger charge is -2.44. The average Bonchev–Trinajstić information content (AvgIpc) is 3.22. The first-order chi connectivity index (χ1) is 26.6. The quantitative estimate of drug-likeness (QED) is 0.0854. The van der Waals surface area contributed by atoms with Crippen LogP contribution < -0.4 is 45.0 Å². The van der Waals surface area contributed by atoms with Crippen molar-refractivity contribution < 1.29 is 27.8 Å². The van der Waals surface area contributed by atoms with Crippen molar-refractivity contribution in [3.8, 4) is 34.5 Å². The summed E-state index contributed by atoms with van der Waals surface area (Å²) in [6.07, 6.45) is 0. The van der Waals surface area contributed by atoms with Gasteiger partial charge in [0.1, 0.15) is 28.7 Å². The molecule has 1 aliphatic heterocycles. The SMILES string of the molecule is NCc1ccccc1ON1P(Oc2ccccc2)N(Oc2ccccc2)P(Oc2ccccc2)N=P1(Oc1ccccc1CN)Oc1ccccc1CN. The maximum Gasteiger partial charge on any atom is 0.447 e. The summed E-state index contributed by atoms with van der Waals surface area (Å²) >= 11 is 0. The lowest BCUT2D eigenvalue weighted by Crippen LogP contribution is -2.37. The second-order valence-corrected chi connectivity index (χ2v) is 17.0.